The topological polar surface area (TPSA) is 32.3 Å². The highest BCUT2D eigenvalue weighted by atomic mass is 35.5. The number of rotatable bonds is 5. The van der Waals surface area contributed by atoms with Crippen LogP contribution in [0.25, 0.3) is 0 Å². The molecular formula is C18H27ClN2O. The second-order valence-corrected chi connectivity index (χ2v) is 7.11. The first-order valence-electron chi connectivity index (χ1n) is 8.23. The van der Waals surface area contributed by atoms with E-state index in [-0.39, 0.29) is 17.9 Å². The largest absolute Gasteiger partial charge is 0.353 e. The standard InChI is InChI=1S/C18H27ClN2O/c1-13(2)14(3)20-18(22)16-8-6-10-21(12-16)11-15-7-4-5-9-17(15)19/h4-5,7,9,13-14,16H,6,8,10-12H2,1-3H3,(H,20,22)/t14-,16-/m0/s1. The monoisotopic (exact) mass is 322 g/mol. The molecule has 1 saturated heterocycles. The Labute approximate surface area is 139 Å². The molecule has 122 valence electrons. The van der Waals surface area contributed by atoms with Crippen LogP contribution in [-0.2, 0) is 11.3 Å². The fraction of sp³-hybridized carbons (Fsp3) is 0.611. The van der Waals surface area contributed by atoms with Crippen molar-refractivity contribution in [2.75, 3.05) is 13.1 Å². The van der Waals surface area contributed by atoms with Gasteiger partial charge < -0.3 is 5.32 Å². The van der Waals surface area contributed by atoms with Gasteiger partial charge in [0.2, 0.25) is 5.91 Å². The molecule has 0 aromatic heterocycles. The molecule has 0 unspecified atom stereocenters. The van der Waals surface area contributed by atoms with E-state index in [1.807, 2.05) is 18.2 Å². The summed E-state index contributed by atoms with van der Waals surface area (Å²) in [6.07, 6.45) is 2.05. The Morgan fingerprint density at radius 3 is 2.77 bits per heavy atom. The third-order valence-corrected chi connectivity index (χ3v) is 4.97. The van der Waals surface area contributed by atoms with Gasteiger partial charge in [0.25, 0.3) is 0 Å². The molecule has 2 rings (SSSR count). The molecule has 0 radical (unpaired) electrons. The number of piperidine rings is 1. The van der Waals surface area contributed by atoms with Gasteiger partial charge in [0.1, 0.15) is 0 Å². The second kappa shape index (κ2) is 7.98. The van der Waals surface area contributed by atoms with Crippen molar-refractivity contribution in [3.63, 3.8) is 0 Å². The van der Waals surface area contributed by atoms with Crippen molar-refractivity contribution in [2.24, 2.45) is 11.8 Å². The van der Waals surface area contributed by atoms with Gasteiger partial charge in [0.05, 0.1) is 5.92 Å². The van der Waals surface area contributed by atoms with Crippen molar-refractivity contribution in [1.29, 1.82) is 0 Å². The maximum atomic E-state index is 12.4. The van der Waals surface area contributed by atoms with Crippen LogP contribution in [0.4, 0.5) is 0 Å². The number of carbonyl (C=O) groups is 1. The molecule has 1 heterocycles. The van der Waals surface area contributed by atoms with Gasteiger partial charge in [-0.05, 0) is 43.9 Å². The number of nitrogens with zero attached hydrogens (tertiary/aromatic N) is 1. The zero-order valence-corrected chi connectivity index (χ0v) is 14.6. The average Bonchev–Trinajstić information content (AvgIpc) is 2.49. The summed E-state index contributed by atoms with van der Waals surface area (Å²) in [5.74, 6) is 0.759. The molecule has 1 aliphatic heterocycles. The minimum Gasteiger partial charge on any atom is -0.353 e. The lowest BCUT2D eigenvalue weighted by Crippen LogP contribution is -2.46. The first-order valence-corrected chi connectivity index (χ1v) is 8.61. The maximum Gasteiger partial charge on any atom is 0.224 e. The van der Waals surface area contributed by atoms with Crippen LogP contribution < -0.4 is 5.32 Å². The predicted molar refractivity (Wildman–Crippen MR) is 91.9 cm³/mol. The zero-order chi connectivity index (χ0) is 16.1. The van der Waals surface area contributed by atoms with Crippen LogP contribution in [0.15, 0.2) is 24.3 Å². The normalized spacial score (nSPS) is 20.9. The molecule has 1 amide bonds. The number of nitrogens with one attached hydrogen (secondary N) is 1. The Morgan fingerprint density at radius 1 is 1.36 bits per heavy atom. The van der Waals surface area contributed by atoms with E-state index < -0.39 is 0 Å². The first-order chi connectivity index (χ1) is 10.5. The number of hydrogen-bond donors (Lipinski definition) is 1. The summed E-state index contributed by atoms with van der Waals surface area (Å²) in [5.41, 5.74) is 1.14. The van der Waals surface area contributed by atoms with E-state index in [4.69, 9.17) is 11.6 Å². The summed E-state index contributed by atoms with van der Waals surface area (Å²) in [7, 11) is 0. The van der Waals surface area contributed by atoms with Crippen molar-refractivity contribution in [3.8, 4) is 0 Å². The molecule has 2 atom stereocenters. The van der Waals surface area contributed by atoms with Crippen LogP contribution in [-0.4, -0.2) is 29.9 Å². The molecule has 22 heavy (non-hydrogen) atoms. The number of halogens is 1. The van der Waals surface area contributed by atoms with Crippen LogP contribution in [0, 0.1) is 11.8 Å². The third-order valence-electron chi connectivity index (χ3n) is 4.60. The molecule has 3 nitrogen and oxygen atoms in total. The van der Waals surface area contributed by atoms with Crippen LogP contribution >= 0.6 is 11.6 Å². The second-order valence-electron chi connectivity index (χ2n) is 6.71. The van der Waals surface area contributed by atoms with E-state index in [0.717, 1.165) is 43.1 Å². The predicted octanol–water partition coefficient (Wildman–Crippen LogP) is 3.71. The van der Waals surface area contributed by atoms with Crippen molar-refractivity contribution >= 4 is 17.5 Å². The van der Waals surface area contributed by atoms with Gasteiger partial charge in [0, 0.05) is 24.2 Å². The van der Waals surface area contributed by atoms with Crippen LogP contribution in [0.5, 0.6) is 0 Å². The number of likely N-dealkylation sites (tertiary alicyclic amines) is 1. The summed E-state index contributed by atoms with van der Waals surface area (Å²) in [5, 5.41) is 3.96. The highest BCUT2D eigenvalue weighted by Crippen LogP contribution is 2.22. The summed E-state index contributed by atoms with van der Waals surface area (Å²) >= 11 is 6.24. The Bertz CT molecular complexity index is 504. The molecular weight excluding hydrogens is 296 g/mol. The van der Waals surface area contributed by atoms with E-state index in [2.05, 4.69) is 37.1 Å². The van der Waals surface area contributed by atoms with Gasteiger partial charge in [0.15, 0.2) is 0 Å². The summed E-state index contributed by atoms with van der Waals surface area (Å²) in [6, 6.07) is 8.18. The summed E-state index contributed by atoms with van der Waals surface area (Å²) in [4.78, 5) is 14.8. The molecule has 1 fully saturated rings. The van der Waals surface area contributed by atoms with E-state index in [1.165, 1.54) is 0 Å². The van der Waals surface area contributed by atoms with Crippen LogP contribution in [0.3, 0.4) is 0 Å². The maximum absolute atomic E-state index is 12.4. The van der Waals surface area contributed by atoms with Crippen molar-refractivity contribution in [1.82, 2.24) is 10.2 Å². The van der Waals surface area contributed by atoms with Gasteiger partial charge in [-0.15, -0.1) is 0 Å². The lowest BCUT2D eigenvalue weighted by molar-refractivity contribution is -0.127. The van der Waals surface area contributed by atoms with Crippen LogP contribution in [0.1, 0.15) is 39.2 Å². The SMILES string of the molecule is CC(C)[C@H](C)NC(=O)[C@H]1CCCN(Cc2ccccc2Cl)C1. The quantitative estimate of drug-likeness (QED) is 0.896. The number of carbonyl (C=O) groups excluding carboxylic acids is 1. The van der Waals surface area contributed by atoms with E-state index in [9.17, 15) is 4.79 Å². The molecule has 1 aromatic rings. The first kappa shape index (κ1) is 17.3. The highest BCUT2D eigenvalue weighted by Gasteiger charge is 2.27. The Hall–Kier alpha value is -1.06. The van der Waals surface area contributed by atoms with Gasteiger partial charge in [-0.25, -0.2) is 0 Å². The minimum absolute atomic E-state index is 0.0948. The molecule has 0 bridgehead atoms. The van der Waals surface area contributed by atoms with Gasteiger partial charge in [-0.1, -0.05) is 43.6 Å². The lowest BCUT2D eigenvalue weighted by atomic mass is 9.95. The number of hydrogen-bond acceptors (Lipinski definition) is 2. The summed E-state index contributed by atoms with van der Waals surface area (Å²) < 4.78 is 0. The van der Waals surface area contributed by atoms with Gasteiger partial charge in [-0.2, -0.15) is 0 Å². The van der Waals surface area contributed by atoms with Gasteiger partial charge >= 0.3 is 0 Å². The number of amides is 1. The molecule has 0 aliphatic carbocycles. The van der Waals surface area contributed by atoms with E-state index >= 15 is 0 Å². The molecule has 1 aromatic carbocycles. The number of benzene rings is 1. The molecule has 4 heteroatoms. The smallest absolute Gasteiger partial charge is 0.224 e. The molecule has 1 N–H and O–H groups in total. The Morgan fingerprint density at radius 2 is 2.09 bits per heavy atom. The zero-order valence-electron chi connectivity index (χ0n) is 13.8. The van der Waals surface area contributed by atoms with Crippen molar-refractivity contribution in [3.05, 3.63) is 34.9 Å². The fourth-order valence-electron chi connectivity index (χ4n) is 2.79. The van der Waals surface area contributed by atoms with Crippen LogP contribution in [0.2, 0.25) is 5.02 Å². The highest BCUT2D eigenvalue weighted by molar-refractivity contribution is 6.31. The Balaban J connectivity index is 1.91. The van der Waals surface area contributed by atoms with Crippen molar-refractivity contribution < 1.29 is 4.79 Å². The third kappa shape index (κ3) is 4.72. The molecule has 0 spiro atoms. The Kier molecular flexibility index (Phi) is 6.27. The molecule has 0 saturated carbocycles. The van der Waals surface area contributed by atoms with E-state index in [0.29, 0.717) is 5.92 Å². The summed E-state index contributed by atoms with van der Waals surface area (Å²) in [6.45, 7) is 9.03. The lowest BCUT2D eigenvalue weighted by Gasteiger charge is -2.33. The van der Waals surface area contributed by atoms with Crippen molar-refractivity contribution in [2.45, 2.75) is 46.2 Å². The van der Waals surface area contributed by atoms with E-state index in [1.54, 1.807) is 0 Å². The average molecular weight is 323 g/mol. The van der Waals surface area contributed by atoms with Gasteiger partial charge in [-0.3, -0.25) is 9.69 Å². The molecule has 1 aliphatic rings. The minimum atomic E-state index is 0.0948. The fourth-order valence-corrected chi connectivity index (χ4v) is 2.99.